The Morgan fingerprint density at radius 2 is 1.96 bits per heavy atom. The van der Waals surface area contributed by atoms with Gasteiger partial charge in [-0.15, -0.1) is 0 Å². The van der Waals surface area contributed by atoms with Gasteiger partial charge in [-0.05, 0) is 6.07 Å². The number of para-hydroxylation sites is 1. The maximum absolute atomic E-state index is 13.3. The number of rotatable bonds is 5. The number of ether oxygens (including phenoxy) is 1. The van der Waals surface area contributed by atoms with Crippen LogP contribution < -0.4 is 10.1 Å². The number of aromatic nitrogens is 2. The quantitative estimate of drug-likeness (QED) is 0.844. The van der Waals surface area contributed by atoms with E-state index in [2.05, 4.69) is 9.84 Å². The van der Waals surface area contributed by atoms with Crippen LogP contribution in [0.2, 0.25) is 0 Å². The largest absolute Gasteiger partial charge is 0.434 e. The standard InChI is InChI=1S/C14H12F5N3O2/c1-22-7-8(6-20-22)12(23)21-11(14(17,18)19)9-4-2-3-5-10(9)24-13(15)16/h2-7,11,13H,1H3,(H,21,23)/t11-/m1/s1. The maximum Gasteiger partial charge on any atom is 0.413 e. The molecule has 0 saturated heterocycles. The summed E-state index contributed by atoms with van der Waals surface area (Å²) in [6.07, 6.45) is -2.60. The fourth-order valence-corrected chi connectivity index (χ4v) is 2.01. The van der Waals surface area contributed by atoms with E-state index in [0.717, 1.165) is 18.3 Å². The molecule has 1 N–H and O–H groups in total. The van der Waals surface area contributed by atoms with Gasteiger partial charge < -0.3 is 10.1 Å². The van der Waals surface area contributed by atoms with Gasteiger partial charge in [-0.25, -0.2) is 0 Å². The van der Waals surface area contributed by atoms with Crippen molar-refractivity contribution in [1.82, 2.24) is 15.1 Å². The highest BCUT2D eigenvalue weighted by atomic mass is 19.4. The number of nitrogens with zero attached hydrogens (tertiary/aromatic N) is 2. The minimum atomic E-state index is -4.92. The molecule has 0 aliphatic heterocycles. The van der Waals surface area contributed by atoms with Gasteiger partial charge in [-0.3, -0.25) is 9.48 Å². The predicted octanol–water partition coefficient (Wildman–Crippen LogP) is 3.05. The lowest BCUT2D eigenvalue weighted by Gasteiger charge is -2.23. The molecule has 2 rings (SSSR count). The summed E-state index contributed by atoms with van der Waals surface area (Å²) in [5.74, 6) is -1.71. The molecule has 0 unspecified atom stereocenters. The minimum Gasteiger partial charge on any atom is -0.434 e. The van der Waals surface area contributed by atoms with Crippen molar-refractivity contribution in [1.29, 1.82) is 0 Å². The molecule has 10 heteroatoms. The Morgan fingerprint density at radius 3 is 2.50 bits per heavy atom. The molecule has 130 valence electrons. The number of halogens is 5. The van der Waals surface area contributed by atoms with Gasteiger partial charge >= 0.3 is 12.8 Å². The summed E-state index contributed by atoms with van der Waals surface area (Å²) in [6, 6.07) is 1.89. The molecule has 0 aliphatic carbocycles. The zero-order valence-electron chi connectivity index (χ0n) is 12.2. The Labute approximate surface area is 133 Å². The summed E-state index contributed by atoms with van der Waals surface area (Å²) in [5.41, 5.74) is -0.721. The summed E-state index contributed by atoms with van der Waals surface area (Å²) in [7, 11) is 1.49. The molecule has 1 amide bonds. The van der Waals surface area contributed by atoms with Gasteiger partial charge in [-0.2, -0.15) is 27.1 Å². The first kappa shape index (κ1) is 17.7. The van der Waals surface area contributed by atoms with Crippen molar-refractivity contribution < 1.29 is 31.5 Å². The van der Waals surface area contributed by atoms with Crippen LogP contribution in [0.5, 0.6) is 5.75 Å². The van der Waals surface area contributed by atoms with Crippen molar-refractivity contribution in [2.75, 3.05) is 0 Å². The van der Waals surface area contributed by atoms with Gasteiger partial charge in [0, 0.05) is 18.8 Å². The van der Waals surface area contributed by atoms with Crippen LogP contribution in [0, 0.1) is 0 Å². The highest BCUT2D eigenvalue weighted by molar-refractivity contribution is 5.94. The third kappa shape index (κ3) is 4.21. The van der Waals surface area contributed by atoms with E-state index in [1.165, 1.54) is 30.1 Å². The number of carbonyl (C=O) groups excluding carboxylic acids is 1. The molecule has 1 aromatic heterocycles. The second kappa shape index (κ2) is 6.85. The topological polar surface area (TPSA) is 56.2 Å². The second-order valence-electron chi connectivity index (χ2n) is 4.77. The van der Waals surface area contributed by atoms with E-state index in [9.17, 15) is 26.7 Å². The van der Waals surface area contributed by atoms with Crippen LogP contribution in [0.1, 0.15) is 22.0 Å². The fourth-order valence-electron chi connectivity index (χ4n) is 2.01. The first-order chi connectivity index (χ1) is 11.2. The number of carbonyl (C=O) groups is 1. The molecule has 2 aromatic rings. The van der Waals surface area contributed by atoms with Crippen molar-refractivity contribution in [3.8, 4) is 5.75 Å². The van der Waals surface area contributed by atoms with E-state index in [1.807, 2.05) is 0 Å². The maximum atomic E-state index is 13.3. The van der Waals surface area contributed by atoms with E-state index in [4.69, 9.17) is 0 Å². The highest BCUT2D eigenvalue weighted by Crippen LogP contribution is 2.37. The molecule has 1 heterocycles. The third-order valence-corrected chi connectivity index (χ3v) is 3.02. The summed E-state index contributed by atoms with van der Waals surface area (Å²) in [6.45, 7) is -3.30. The van der Waals surface area contributed by atoms with Crippen LogP contribution in [0.25, 0.3) is 0 Å². The van der Waals surface area contributed by atoms with Crippen LogP contribution in [0.15, 0.2) is 36.7 Å². The molecule has 0 aliphatic rings. The number of alkyl halides is 5. The van der Waals surface area contributed by atoms with Crippen molar-refractivity contribution in [3.05, 3.63) is 47.8 Å². The van der Waals surface area contributed by atoms with Gasteiger partial charge in [0.15, 0.2) is 6.04 Å². The molecule has 1 aromatic carbocycles. The molecule has 0 radical (unpaired) electrons. The second-order valence-corrected chi connectivity index (χ2v) is 4.77. The Morgan fingerprint density at radius 1 is 1.29 bits per heavy atom. The van der Waals surface area contributed by atoms with Gasteiger partial charge in [0.2, 0.25) is 0 Å². The molecule has 0 bridgehead atoms. The Balaban J connectivity index is 2.35. The normalized spacial score (nSPS) is 13.0. The zero-order valence-corrected chi connectivity index (χ0v) is 12.2. The fraction of sp³-hybridized carbons (Fsp3) is 0.286. The van der Waals surface area contributed by atoms with Gasteiger partial charge in [0.1, 0.15) is 5.75 Å². The lowest BCUT2D eigenvalue weighted by molar-refractivity contribution is -0.156. The summed E-state index contributed by atoms with van der Waals surface area (Å²) in [5, 5.41) is 5.46. The molecule has 0 saturated carbocycles. The molecule has 0 fully saturated rings. The number of hydrogen-bond donors (Lipinski definition) is 1. The van der Waals surface area contributed by atoms with Gasteiger partial charge in [-0.1, -0.05) is 18.2 Å². The van der Waals surface area contributed by atoms with E-state index < -0.39 is 36.0 Å². The van der Waals surface area contributed by atoms with Gasteiger partial charge in [0.25, 0.3) is 5.91 Å². The number of amides is 1. The molecular weight excluding hydrogens is 337 g/mol. The highest BCUT2D eigenvalue weighted by Gasteiger charge is 2.43. The number of benzene rings is 1. The van der Waals surface area contributed by atoms with Crippen molar-refractivity contribution in [2.24, 2.45) is 7.05 Å². The van der Waals surface area contributed by atoms with Crippen LogP contribution >= 0.6 is 0 Å². The van der Waals surface area contributed by atoms with E-state index in [1.54, 1.807) is 5.32 Å². The van der Waals surface area contributed by atoms with Crippen LogP contribution in [-0.2, 0) is 7.05 Å². The summed E-state index contributed by atoms with van der Waals surface area (Å²) >= 11 is 0. The molecule has 24 heavy (non-hydrogen) atoms. The average Bonchev–Trinajstić information content (AvgIpc) is 2.90. The lowest BCUT2D eigenvalue weighted by Crippen LogP contribution is -2.38. The van der Waals surface area contributed by atoms with E-state index >= 15 is 0 Å². The average molecular weight is 349 g/mol. The third-order valence-electron chi connectivity index (χ3n) is 3.02. The van der Waals surface area contributed by atoms with Crippen molar-refractivity contribution in [2.45, 2.75) is 18.8 Å². The number of aryl methyl sites for hydroxylation is 1. The Hall–Kier alpha value is -2.65. The number of nitrogens with one attached hydrogen (secondary N) is 1. The Bertz CT molecular complexity index is 714. The monoisotopic (exact) mass is 349 g/mol. The van der Waals surface area contributed by atoms with Crippen molar-refractivity contribution >= 4 is 5.91 Å². The summed E-state index contributed by atoms with van der Waals surface area (Å²) in [4.78, 5) is 12.0. The number of hydrogen-bond acceptors (Lipinski definition) is 3. The minimum absolute atomic E-state index is 0.0981. The Kier molecular flexibility index (Phi) is 5.05. The first-order valence-electron chi connectivity index (χ1n) is 6.58. The first-order valence-corrected chi connectivity index (χ1v) is 6.58. The molecule has 5 nitrogen and oxygen atoms in total. The molecular formula is C14H12F5N3O2. The van der Waals surface area contributed by atoms with Crippen LogP contribution in [0.3, 0.4) is 0 Å². The van der Waals surface area contributed by atoms with Crippen LogP contribution in [-0.4, -0.2) is 28.5 Å². The van der Waals surface area contributed by atoms with E-state index in [-0.39, 0.29) is 5.56 Å². The summed E-state index contributed by atoms with van der Waals surface area (Å²) < 4.78 is 70.1. The lowest BCUT2D eigenvalue weighted by atomic mass is 10.0. The molecule has 1 atom stereocenters. The molecule has 0 spiro atoms. The van der Waals surface area contributed by atoms with Crippen molar-refractivity contribution in [3.63, 3.8) is 0 Å². The van der Waals surface area contributed by atoms with Crippen LogP contribution in [0.4, 0.5) is 22.0 Å². The zero-order chi connectivity index (χ0) is 17.9. The van der Waals surface area contributed by atoms with E-state index in [0.29, 0.717) is 0 Å². The van der Waals surface area contributed by atoms with Gasteiger partial charge in [0.05, 0.1) is 11.8 Å². The predicted molar refractivity (Wildman–Crippen MR) is 72.5 cm³/mol. The smallest absolute Gasteiger partial charge is 0.413 e. The SMILES string of the molecule is Cn1cc(C(=O)N[C@H](c2ccccc2OC(F)F)C(F)(F)F)cn1.